The van der Waals surface area contributed by atoms with E-state index in [0.29, 0.717) is 0 Å². The van der Waals surface area contributed by atoms with Crippen molar-refractivity contribution in [3.05, 3.63) is 60.5 Å². The first-order valence-electron chi connectivity index (χ1n) is 7.10. The van der Waals surface area contributed by atoms with Crippen LogP contribution in [-0.2, 0) is 19.6 Å². The van der Waals surface area contributed by atoms with Gasteiger partial charge in [0.25, 0.3) is 0 Å². The minimum absolute atomic E-state index is 0.864. The van der Waals surface area contributed by atoms with Gasteiger partial charge in [-0.25, -0.2) is 4.98 Å². The van der Waals surface area contributed by atoms with Crippen molar-refractivity contribution in [2.75, 3.05) is 6.54 Å². The molecule has 0 saturated heterocycles. The zero-order valence-corrected chi connectivity index (χ0v) is 11.6. The maximum Gasteiger partial charge on any atom is 0.151 e. The summed E-state index contributed by atoms with van der Waals surface area (Å²) < 4.78 is 7.74. The Balaban J connectivity index is 1.54. The summed E-state index contributed by atoms with van der Waals surface area (Å²) in [6, 6.07) is 8.02. The Labute approximate surface area is 122 Å². The Kier molecular flexibility index (Phi) is 3.05. The van der Waals surface area contributed by atoms with Crippen LogP contribution in [0, 0.1) is 0 Å². The number of pyridine rings is 1. The molecule has 3 aromatic heterocycles. The fourth-order valence-electron chi connectivity index (χ4n) is 2.81. The lowest BCUT2D eigenvalue weighted by atomic mass is 10.2. The second-order valence-corrected chi connectivity index (χ2v) is 5.25. The highest BCUT2D eigenvalue weighted by molar-refractivity contribution is 5.52. The molecule has 1 aliphatic rings. The fraction of sp³-hybridized carbons (Fsp3) is 0.250. The van der Waals surface area contributed by atoms with E-state index in [-0.39, 0.29) is 0 Å². The van der Waals surface area contributed by atoms with Crippen LogP contribution >= 0.6 is 0 Å². The van der Waals surface area contributed by atoms with E-state index in [1.54, 1.807) is 6.26 Å². The molecule has 1 aliphatic heterocycles. The van der Waals surface area contributed by atoms with Gasteiger partial charge in [0.05, 0.1) is 19.0 Å². The van der Waals surface area contributed by atoms with Crippen molar-refractivity contribution in [3.63, 3.8) is 0 Å². The van der Waals surface area contributed by atoms with Crippen LogP contribution in [0.2, 0.25) is 0 Å². The summed E-state index contributed by atoms with van der Waals surface area (Å²) in [4.78, 5) is 11.0. The summed E-state index contributed by atoms with van der Waals surface area (Å²) in [6.45, 7) is 3.75. The number of fused-ring (bicyclic) bond motifs is 1. The minimum atomic E-state index is 0.864. The third-order valence-electron chi connectivity index (χ3n) is 3.87. The summed E-state index contributed by atoms with van der Waals surface area (Å²) in [5.41, 5.74) is 2.36. The normalized spacial score (nSPS) is 15.0. The lowest BCUT2D eigenvalue weighted by molar-refractivity contribution is 0.209. The monoisotopic (exact) mass is 280 g/mol. The highest BCUT2D eigenvalue weighted by Gasteiger charge is 2.21. The maximum atomic E-state index is 5.49. The molecule has 0 radical (unpaired) electrons. The van der Waals surface area contributed by atoms with Gasteiger partial charge in [0.1, 0.15) is 11.5 Å². The van der Waals surface area contributed by atoms with Gasteiger partial charge < -0.3 is 8.98 Å². The van der Waals surface area contributed by atoms with Gasteiger partial charge >= 0.3 is 0 Å². The van der Waals surface area contributed by atoms with E-state index in [2.05, 4.69) is 31.6 Å². The minimum Gasteiger partial charge on any atom is -0.463 e. The van der Waals surface area contributed by atoms with Crippen LogP contribution in [0.3, 0.4) is 0 Å². The molecule has 21 heavy (non-hydrogen) atoms. The van der Waals surface area contributed by atoms with Crippen LogP contribution in [-0.4, -0.2) is 26.0 Å². The zero-order chi connectivity index (χ0) is 14.1. The van der Waals surface area contributed by atoms with Gasteiger partial charge in [0, 0.05) is 32.0 Å². The largest absolute Gasteiger partial charge is 0.463 e. The second kappa shape index (κ2) is 5.18. The zero-order valence-electron chi connectivity index (χ0n) is 11.6. The summed E-state index contributed by atoms with van der Waals surface area (Å²) in [6.07, 6.45) is 7.29. The van der Waals surface area contributed by atoms with E-state index >= 15 is 0 Å². The van der Waals surface area contributed by atoms with Crippen LogP contribution in [0.15, 0.2) is 53.5 Å². The van der Waals surface area contributed by atoms with Crippen molar-refractivity contribution in [2.24, 2.45) is 0 Å². The average molecular weight is 280 g/mol. The first-order chi connectivity index (χ1) is 10.4. The summed E-state index contributed by atoms with van der Waals surface area (Å²) in [5, 5.41) is 0. The van der Waals surface area contributed by atoms with Crippen LogP contribution in [0.5, 0.6) is 0 Å². The topological polar surface area (TPSA) is 47.1 Å². The summed E-state index contributed by atoms with van der Waals surface area (Å²) in [7, 11) is 0. The van der Waals surface area contributed by atoms with Gasteiger partial charge in [0.15, 0.2) is 5.76 Å². The smallest absolute Gasteiger partial charge is 0.151 e. The van der Waals surface area contributed by atoms with Gasteiger partial charge in [-0.3, -0.25) is 9.88 Å². The van der Waals surface area contributed by atoms with Crippen LogP contribution in [0.25, 0.3) is 11.5 Å². The molecule has 0 fully saturated rings. The van der Waals surface area contributed by atoms with Crippen molar-refractivity contribution >= 4 is 0 Å². The molecule has 5 heteroatoms. The van der Waals surface area contributed by atoms with E-state index in [1.807, 2.05) is 30.7 Å². The number of rotatable bonds is 3. The predicted molar refractivity (Wildman–Crippen MR) is 78.3 cm³/mol. The number of imidazole rings is 1. The van der Waals surface area contributed by atoms with E-state index in [0.717, 1.165) is 43.5 Å². The Hall–Kier alpha value is -2.40. The molecular formula is C16H16N4O. The fourth-order valence-corrected chi connectivity index (χ4v) is 2.81. The highest BCUT2D eigenvalue weighted by atomic mass is 16.3. The molecule has 5 nitrogen and oxygen atoms in total. The summed E-state index contributed by atoms with van der Waals surface area (Å²) in [5.74, 6) is 1.98. The lowest BCUT2D eigenvalue weighted by Gasteiger charge is -2.28. The number of furan rings is 1. The molecular weight excluding hydrogens is 264 g/mol. The van der Waals surface area contributed by atoms with E-state index in [4.69, 9.17) is 4.42 Å². The number of aromatic nitrogens is 3. The van der Waals surface area contributed by atoms with Crippen molar-refractivity contribution < 1.29 is 4.42 Å². The second-order valence-electron chi connectivity index (χ2n) is 5.25. The molecule has 0 bridgehead atoms. The van der Waals surface area contributed by atoms with Crippen molar-refractivity contribution in [1.29, 1.82) is 0 Å². The molecule has 4 heterocycles. The molecule has 0 aliphatic carbocycles. The molecule has 3 aromatic rings. The molecule has 0 N–H and O–H groups in total. The first-order valence-corrected chi connectivity index (χ1v) is 7.10. The van der Waals surface area contributed by atoms with Gasteiger partial charge in [-0.15, -0.1) is 0 Å². The third-order valence-corrected chi connectivity index (χ3v) is 3.87. The van der Waals surface area contributed by atoms with Crippen LogP contribution in [0.1, 0.15) is 11.4 Å². The van der Waals surface area contributed by atoms with E-state index in [1.165, 1.54) is 5.56 Å². The first kappa shape index (κ1) is 12.3. The standard InChI is InChI=1S/C16H16N4O/c1-2-15(21-9-1)14-10-18-16-12-19(7-8-20(14)16)11-13-3-5-17-6-4-13/h1-6,9-10H,7-8,11-12H2. The van der Waals surface area contributed by atoms with Crippen molar-refractivity contribution in [3.8, 4) is 11.5 Å². The molecule has 4 rings (SSSR count). The van der Waals surface area contributed by atoms with Crippen LogP contribution < -0.4 is 0 Å². The number of nitrogens with zero attached hydrogens (tertiary/aromatic N) is 4. The van der Waals surface area contributed by atoms with Crippen molar-refractivity contribution in [2.45, 2.75) is 19.6 Å². The number of hydrogen-bond donors (Lipinski definition) is 0. The third kappa shape index (κ3) is 2.36. The predicted octanol–water partition coefficient (Wildman–Crippen LogP) is 2.55. The van der Waals surface area contributed by atoms with Gasteiger partial charge in [-0.2, -0.15) is 0 Å². The van der Waals surface area contributed by atoms with Gasteiger partial charge in [-0.05, 0) is 29.8 Å². The van der Waals surface area contributed by atoms with E-state index < -0.39 is 0 Å². The molecule has 0 amide bonds. The number of hydrogen-bond acceptors (Lipinski definition) is 4. The average Bonchev–Trinajstić information content (AvgIpc) is 3.16. The molecule has 0 unspecified atom stereocenters. The molecule has 0 atom stereocenters. The Morgan fingerprint density at radius 1 is 1.14 bits per heavy atom. The molecule has 0 saturated carbocycles. The Bertz CT molecular complexity index is 718. The van der Waals surface area contributed by atoms with Gasteiger partial charge in [-0.1, -0.05) is 0 Å². The highest BCUT2D eigenvalue weighted by Crippen LogP contribution is 2.24. The Morgan fingerprint density at radius 2 is 2.05 bits per heavy atom. The SMILES string of the molecule is c1coc(-c2cnc3n2CCN(Cc2ccncc2)C3)c1. The lowest BCUT2D eigenvalue weighted by Crippen LogP contribution is -2.33. The quantitative estimate of drug-likeness (QED) is 0.739. The molecule has 0 aromatic carbocycles. The van der Waals surface area contributed by atoms with E-state index in [9.17, 15) is 0 Å². The summed E-state index contributed by atoms with van der Waals surface area (Å²) >= 11 is 0. The van der Waals surface area contributed by atoms with Crippen LogP contribution in [0.4, 0.5) is 0 Å². The maximum absolute atomic E-state index is 5.49. The Morgan fingerprint density at radius 3 is 2.86 bits per heavy atom. The molecule has 106 valence electrons. The van der Waals surface area contributed by atoms with Gasteiger partial charge in [0.2, 0.25) is 0 Å². The molecule has 0 spiro atoms. The van der Waals surface area contributed by atoms with Crippen molar-refractivity contribution in [1.82, 2.24) is 19.4 Å².